The largest absolute Gasteiger partial charge is 0.306 e. The van der Waals surface area contributed by atoms with Crippen LogP contribution in [-0.2, 0) is 0 Å². The lowest BCUT2D eigenvalue weighted by molar-refractivity contribution is 1.04. The first-order chi connectivity index (χ1) is 54.1. The van der Waals surface area contributed by atoms with Crippen LogP contribution >= 0.6 is 0 Å². The molecule has 2 aliphatic heterocycles. The molecule has 0 saturated heterocycles. The van der Waals surface area contributed by atoms with Crippen LogP contribution in [0.25, 0.3) is 188 Å². The molecule has 504 valence electrons. The van der Waals surface area contributed by atoms with Gasteiger partial charge in [-0.05, 0) is 184 Å². The highest BCUT2D eigenvalue weighted by atomic mass is 28.3. The summed E-state index contributed by atoms with van der Waals surface area (Å²) in [4.78, 5) is 9.97. The average Bonchev–Trinajstić information content (AvgIpc) is 1.53. The molecular weight excluding hydrogens is 1340 g/mol. The predicted molar refractivity (Wildman–Crippen MR) is 453 cm³/mol. The lowest BCUT2D eigenvalue weighted by Gasteiger charge is -2.30. The Balaban J connectivity index is 0.981. The van der Waals surface area contributed by atoms with Crippen LogP contribution in [0.4, 0.5) is 0 Å². The molecule has 0 unspecified atom stereocenters. The summed E-state index contributed by atoms with van der Waals surface area (Å²) >= 11 is 0. The molecule has 21 aromatic rings. The number of rotatable bonds is 9. The Morgan fingerprint density at radius 1 is 0.229 bits per heavy atom. The van der Waals surface area contributed by atoms with E-state index in [2.05, 4.69) is 383 Å². The van der Waals surface area contributed by atoms with Crippen molar-refractivity contribution in [3.63, 3.8) is 0 Å². The van der Waals surface area contributed by atoms with Crippen LogP contribution < -0.4 is 20.7 Å². The van der Waals surface area contributed by atoms with Gasteiger partial charge in [-0.15, -0.1) is 0 Å². The average molecular weight is 1400 g/mol. The number of hydrogen-bond acceptors (Lipinski definition) is 3. The highest BCUT2D eigenvalue weighted by Crippen LogP contribution is 2.54. The van der Waals surface area contributed by atoms with Gasteiger partial charge in [0.25, 0.3) is 0 Å². The highest BCUT2D eigenvalue weighted by molar-refractivity contribution is 7.24. The summed E-state index contributed by atoms with van der Waals surface area (Å²) in [6, 6.07) is 130. The summed E-state index contributed by atoms with van der Waals surface area (Å²) in [5.74, 6) is 0. The molecule has 7 nitrogen and oxygen atoms in total. The van der Waals surface area contributed by atoms with Crippen molar-refractivity contribution >= 4 is 116 Å². The third-order valence-corrected chi connectivity index (χ3v) is 28.5. The second-order valence-corrected chi connectivity index (χ2v) is 32.6. The second-order valence-electron chi connectivity index (χ2n) is 29.0. The fourth-order valence-corrected chi connectivity index (χ4v) is 24.5. The summed E-state index contributed by atoms with van der Waals surface area (Å²) in [5, 5.41) is 27.5. The fraction of sp³-hybridized carbons (Fsp3) is 0. The molecular formula is C101H61N7Si. The zero-order valence-electron chi connectivity index (χ0n) is 58.8. The predicted octanol–water partition coefficient (Wildman–Crippen LogP) is 22.4. The summed E-state index contributed by atoms with van der Waals surface area (Å²) in [6.07, 6.45) is 8.18. The van der Waals surface area contributed by atoms with E-state index in [1.54, 1.807) is 0 Å². The van der Waals surface area contributed by atoms with Crippen LogP contribution in [0.3, 0.4) is 0 Å². The molecule has 0 fully saturated rings. The first kappa shape index (κ1) is 60.9. The monoisotopic (exact) mass is 1400 g/mol. The Morgan fingerprint density at radius 3 is 0.908 bits per heavy atom. The number of benzene rings is 15. The summed E-state index contributed by atoms with van der Waals surface area (Å²) < 4.78 is 9.99. The molecule has 6 aromatic heterocycles. The van der Waals surface area contributed by atoms with Gasteiger partial charge in [-0.25, -0.2) is 0 Å². The summed E-state index contributed by atoms with van der Waals surface area (Å²) in [5.41, 5.74) is 27.2. The Hall–Kier alpha value is -14.5. The molecule has 1 spiro atoms. The van der Waals surface area contributed by atoms with Crippen LogP contribution in [0.15, 0.2) is 371 Å². The van der Waals surface area contributed by atoms with Crippen LogP contribution in [0.5, 0.6) is 0 Å². The topological polar surface area (TPSA) is 69.3 Å². The van der Waals surface area contributed by atoms with E-state index in [0.29, 0.717) is 5.56 Å². The van der Waals surface area contributed by atoms with E-state index in [4.69, 9.17) is 9.97 Å². The number of aromatic nitrogens is 6. The van der Waals surface area contributed by atoms with Gasteiger partial charge in [-0.2, -0.15) is 5.26 Å². The van der Waals surface area contributed by atoms with Gasteiger partial charge < -0.3 is 18.3 Å². The highest BCUT2D eigenvalue weighted by Gasteiger charge is 2.55. The Bertz CT molecular complexity index is 7100. The van der Waals surface area contributed by atoms with E-state index in [0.717, 1.165) is 171 Å². The maximum atomic E-state index is 13.8. The van der Waals surface area contributed by atoms with Gasteiger partial charge in [-0.3, -0.25) is 9.97 Å². The molecule has 0 amide bonds. The van der Waals surface area contributed by atoms with Gasteiger partial charge in [-0.1, -0.05) is 255 Å². The van der Waals surface area contributed by atoms with Gasteiger partial charge >= 0.3 is 0 Å². The van der Waals surface area contributed by atoms with Gasteiger partial charge in [0.05, 0.1) is 66.9 Å². The molecule has 0 aliphatic carbocycles. The van der Waals surface area contributed by atoms with E-state index in [-0.39, 0.29) is 0 Å². The number of hydrogen-bond donors (Lipinski definition) is 0. The number of para-hydroxylation sites is 4. The minimum Gasteiger partial charge on any atom is -0.306 e. The Kier molecular flexibility index (Phi) is 13.1. The smallest absolute Gasteiger partial charge is 0.185 e. The fourth-order valence-electron chi connectivity index (χ4n) is 19.1. The molecule has 0 N–H and O–H groups in total. The van der Waals surface area contributed by atoms with Crippen molar-refractivity contribution in [1.29, 1.82) is 5.26 Å². The lowest BCUT2D eigenvalue weighted by Crippen LogP contribution is -2.70. The molecule has 8 heterocycles. The third-order valence-electron chi connectivity index (χ3n) is 23.6. The van der Waals surface area contributed by atoms with Crippen LogP contribution in [-0.4, -0.2) is 36.3 Å². The first-order valence-electron chi connectivity index (χ1n) is 37.2. The normalized spacial score (nSPS) is 12.7. The van der Waals surface area contributed by atoms with Crippen molar-refractivity contribution < 1.29 is 0 Å². The zero-order valence-corrected chi connectivity index (χ0v) is 59.8. The summed E-state index contributed by atoms with van der Waals surface area (Å²) in [6.45, 7) is 0. The number of nitrogens with zero attached hydrogens (tertiary/aromatic N) is 7. The van der Waals surface area contributed by atoms with E-state index >= 15 is 0 Å². The molecule has 8 heteroatoms. The minimum atomic E-state index is -3.11. The van der Waals surface area contributed by atoms with E-state index in [1.165, 1.54) is 37.4 Å². The van der Waals surface area contributed by atoms with Crippen molar-refractivity contribution in [3.8, 4) is 107 Å². The second kappa shape index (κ2) is 23.5. The zero-order chi connectivity index (χ0) is 71.6. The van der Waals surface area contributed by atoms with E-state index < -0.39 is 8.07 Å². The quantitative estimate of drug-likeness (QED) is 0.135. The molecule has 0 atom stereocenters. The standard InChI is InChI=1S/C101H61N7Si/c102-60-84-98(105-85-36-18-13-31-72(85)79-55-67(41-46-89(79)105)63-23-5-1-6-24-63)100(107-87-38-20-15-33-74(87)81-57-69(43-48-91(81)107)65-27-9-3-10-28-65)97(71-45-50-94-83(59-71)76-35-17-22-40-93(76)109(94)95-61-103-53-51-77(95)78-52-54-104-62-96(78)109)101(108-88-39-21-16-34-75(88)82-58-70(44-49-92(82)108)66-29-11-4-12-30-66)99(84)106-86-37-19-14-32-73(86)80-56-68(42-47-90(80)106)64-25-7-2-8-26-64/h1-59,61-62H. The third kappa shape index (κ3) is 8.61. The first-order valence-corrected chi connectivity index (χ1v) is 39.2. The van der Waals surface area contributed by atoms with Gasteiger partial charge in [0.2, 0.25) is 0 Å². The maximum absolute atomic E-state index is 13.8. The summed E-state index contributed by atoms with van der Waals surface area (Å²) in [7, 11) is -3.11. The molecule has 109 heavy (non-hydrogen) atoms. The number of fused-ring (bicyclic) bond motifs is 22. The lowest BCUT2D eigenvalue weighted by atomic mass is 9.91. The van der Waals surface area contributed by atoms with Gasteiger partial charge in [0.15, 0.2) is 8.07 Å². The molecule has 0 saturated carbocycles. The van der Waals surface area contributed by atoms with Gasteiger partial charge in [0, 0.05) is 73.4 Å². The Labute approximate surface area is 628 Å². The SMILES string of the molecule is N#Cc1c(-n2c3ccccc3c3cc(-c4ccccc4)ccc32)c(-n2c3ccccc3c3cc(-c4ccccc4)ccc32)c(-c2ccc3c(c2)-c2ccccc2[Si]32c3cnccc3-c3ccncc32)c(-n2c3ccccc3c3cc(-c4ccccc4)ccc32)c1-n1c2ccccc2c2cc(-c3ccccc3)ccc21. The maximum Gasteiger partial charge on any atom is 0.185 e. The van der Waals surface area contributed by atoms with E-state index in [1.807, 2.05) is 12.4 Å². The van der Waals surface area contributed by atoms with Crippen molar-refractivity contribution in [2.24, 2.45) is 0 Å². The van der Waals surface area contributed by atoms with E-state index in [9.17, 15) is 5.26 Å². The molecule has 0 radical (unpaired) electrons. The van der Waals surface area contributed by atoms with Crippen molar-refractivity contribution in [2.75, 3.05) is 0 Å². The molecule has 23 rings (SSSR count). The van der Waals surface area contributed by atoms with Crippen LogP contribution in [0.2, 0.25) is 0 Å². The van der Waals surface area contributed by atoms with Crippen molar-refractivity contribution in [1.82, 2.24) is 28.2 Å². The van der Waals surface area contributed by atoms with Gasteiger partial charge in [0.1, 0.15) is 11.6 Å². The molecule has 15 aromatic carbocycles. The Morgan fingerprint density at radius 2 is 0.532 bits per heavy atom. The number of pyridine rings is 2. The molecule has 0 bridgehead atoms. The van der Waals surface area contributed by atoms with Crippen LogP contribution in [0, 0.1) is 11.3 Å². The van der Waals surface area contributed by atoms with Crippen molar-refractivity contribution in [2.45, 2.75) is 0 Å². The number of nitriles is 1. The minimum absolute atomic E-state index is 0.494. The van der Waals surface area contributed by atoms with Crippen LogP contribution in [0.1, 0.15) is 5.56 Å². The molecule has 2 aliphatic rings. The van der Waals surface area contributed by atoms with Crippen molar-refractivity contribution in [3.05, 3.63) is 376 Å².